The molecule has 1 heterocycles. The Morgan fingerprint density at radius 1 is 1.11 bits per heavy atom. The molecule has 0 bridgehead atoms. The van der Waals surface area contributed by atoms with Crippen LogP contribution in [0.15, 0.2) is 42.6 Å². The van der Waals surface area contributed by atoms with Gasteiger partial charge in [0.2, 0.25) is 0 Å². The first kappa shape index (κ1) is 19.1. The van der Waals surface area contributed by atoms with Crippen LogP contribution in [-0.2, 0) is 0 Å². The van der Waals surface area contributed by atoms with Gasteiger partial charge >= 0.3 is 0 Å². The second-order valence-corrected chi connectivity index (χ2v) is 6.07. The molecule has 0 amide bonds. The molecule has 0 radical (unpaired) electrons. The summed E-state index contributed by atoms with van der Waals surface area (Å²) < 4.78 is 12.2. The Bertz CT molecular complexity index is 1010. The number of tetrazole rings is 1. The van der Waals surface area contributed by atoms with Crippen LogP contribution in [0.4, 0.5) is 5.69 Å². The highest BCUT2D eigenvalue weighted by Crippen LogP contribution is 2.33. The molecule has 3 aromatic rings. The number of ether oxygens (including phenoxy) is 2. The van der Waals surface area contributed by atoms with Crippen molar-refractivity contribution in [3.63, 3.8) is 0 Å². The summed E-state index contributed by atoms with van der Waals surface area (Å²) in [7, 11) is 3.07. The van der Waals surface area contributed by atoms with Crippen molar-refractivity contribution in [2.45, 2.75) is 13.8 Å². The van der Waals surface area contributed by atoms with E-state index >= 15 is 0 Å². The van der Waals surface area contributed by atoms with Crippen molar-refractivity contribution in [2.24, 2.45) is 0 Å². The van der Waals surface area contributed by atoms with Crippen LogP contribution in [0.1, 0.15) is 28.7 Å². The average molecular weight is 379 g/mol. The molecular weight excluding hydrogens is 358 g/mol. The SMILES string of the molecule is COc1cc(N/C=C\c2nnnn2-c2ccc(C)cc2)c(C(C)=O)cc1OC. The van der Waals surface area contributed by atoms with Crippen LogP contribution in [0.5, 0.6) is 11.5 Å². The van der Waals surface area contributed by atoms with E-state index in [1.807, 2.05) is 31.2 Å². The zero-order valence-electron chi connectivity index (χ0n) is 16.1. The van der Waals surface area contributed by atoms with Gasteiger partial charge in [-0.2, -0.15) is 4.68 Å². The Morgan fingerprint density at radius 3 is 2.43 bits per heavy atom. The number of anilines is 1. The summed E-state index contributed by atoms with van der Waals surface area (Å²) in [5.74, 6) is 1.46. The Hall–Kier alpha value is -3.68. The number of benzene rings is 2. The van der Waals surface area contributed by atoms with Crippen molar-refractivity contribution in [3.8, 4) is 17.2 Å². The van der Waals surface area contributed by atoms with E-state index in [9.17, 15) is 4.79 Å². The van der Waals surface area contributed by atoms with Gasteiger partial charge < -0.3 is 14.8 Å². The summed E-state index contributed by atoms with van der Waals surface area (Å²) in [6.07, 6.45) is 3.39. The van der Waals surface area contributed by atoms with Crippen LogP contribution in [0.2, 0.25) is 0 Å². The molecule has 0 aliphatic carbocycles. The first-order chi connectivity index (χ1) is 13.5. The predicted molar refractivity (Wildman–Crippen MR) is 106 cm³/mol. The fraction of sp³-hybridized carbons (Fsp3) is 0.200. The minimum Gasteiger partial charge on any atom is -0.493 e. The van der Waals surface area contributed by atoms with Gasteiger partial charge in [-0.05, 0) is 42.5 Å². The zero-order chi connectivity index (χ0) is 20.1. The van der Waals surface area contributed by atoms with E-state index in [-0.39, 0.29) is 5.78 Å². The van der Waals surface area contributed by atoms with Crippen molar-refractivity contribution < 1.29 is 14.3 Å². The third-order valence-corrected chi connectivity index (χ3v) is 4.15. The lowest BCUT2D eigenvalue weighted by Crippen LogP contribution is -2.03. The summed E-state index contributed by atoms with van der Waals surface area (Å²) >= 11 is 0. The largest absolute Gasteiger partial charge is 0.493 e. The molecule has 28 heavy (non-hydrogen) atoms. The van der Waals surface area contributed by atoms with Crippen LogP contribution in [0, 0.1) is 6.92 Å². The molecule has 1 aromatic heterocycles. The van der Waals surface area contributed by atoms with Crippen molar-refractivity contribution in [1.82, 2.24) is 20.2 Å². The minimum absolute atomic E-state index is 0.0960. The number of ketones is 1. The highest BCUT2D eigenvalue weighted by molar-refractivity contribution is 6.00. The summed E-state index contributed by atoms with van der Waals surface area (Å²) in [4.78, 5) is 12.0. The Kier molecular flexibility index (Phi) is 5.69. The molecule has 0 aliphatic rings. The van der Waals surface area contributed by atoms with Crippen LogP contribution in [0.25, 0.3) is 11.8 Å². The fourth-order valence-corrected chi connectivity index (χ4v) is 2.66. The van der Waals surface area contributed by atoms with Gasteiger partial charge in [0.1, 0.15) is 0 Å². The Labute approximate surface area is 162 Å². The Balaban J connectivity index is 1.87. The lowest BCUT2D eigenvalue weighted by atomic mass is 10.1. The average Bonchev–Trinajstić information content (AvgIpc) is 3.16. The molecule has 0 atom stereocenters. The van der Waals surface area contributed by atoms with E-state index in [4.69, 9.17) is 9.47 Å². The standard InChI is InChI=1S/C20H21N5O3/c1-13-5-7-15(8-6-13)25-20(22-23-24-25)9-10-21-17-12-19(28-4)18(27-3)11-16(17)14(2)26/h5-12,21H,1-4H3/b10-9-. The smallest absolute Gasteiger partial charge is 0.181 e. The molecule has 144 valence electrons. The number of nitrogens with one attached hydrogen (secondary N) is 1. The van der Waals surface area contributed by atoms with Gasteiger partial charge in [0.05, 0.1) is 25.6 Å². The number of carbonyl (C=O) groups is 1. The predicted octanol–water partition coefficient (Wildman–Crippen LogP) is 3.27. The molecular formula is C20H21N5O3. The summed E-state index contributed by atoms with van der Waals surface area (Å²) in [5.41, 5.74) is 3.09. The Morgan fingerprint density at radius 2 is 1.79 bits per heavy atom. The molecule has 0 saturated heterocycles. The molecule has 1 N–H and O–H groups in total. The molecule has 0 spiro atoms. The number of carbonyl (C=O) groups excluding carboxylic acids is 1. The number of hydrogen-bond acceptors (Lipinski definition) is 7. The van der Waals surface area contributed by atoms with E-state index in [1.165, 1.54) is 14.0 Å². The van der Waals surface area contributed by atoms with Gasteiger partial charge in [-0.25, -0.2) is 0 Å². The van der Waals surface area contributed by atoms with Crippen LogP contribution in [-0.4, -0.2) is 40.2 Å². The summed E-state index contributed by atoms with van der Waals surface area (Å²) in [5, 5.41) is 14.9. The molecule has 0 aliphatic heterocycles. The normalized spacial score (nSPS) is 10.9. The molecule has 0 saturated carbocycles. The second kappa shape index (κ2) is 8.34. The lowest BCUT2D eigenvalue weighted by Gasteiger charge is -2.13. The van der Waals surface area contributed by atoms with Crippen molar-refractivity contribution in [1.29, 1.82) is 0 Å². The monoisotopic (exact) mass is 379 g/mol. The first-order valence-electron chi connectivity index (χ1n) is 8.59. The number of methoxy groups -OCH3 is 2. The van der Waals surface area contributed by atoms with Crippen LogP contribution >= 0.6 is 0 Å². The molecule has 2 aromatic carbocycles. The maximum atomic E-state index is 12.0. The summed E-state index contributed by atoms with van der Waals surface area (Å²) in [6.45, 7) is 3.51. The molecule has 8 nitrogen and oxygen atoms in total. The number of rotatable bonds is 7. The number of Topliss-reactive ketones (excluding diaryl/α,β-unsaturated/α-hetero) is 1. The van der Waals surface area contributed by atoms with E-state index < -0.39 is 0 Å². The third kappa shape index (κ3) is 4.01. The van der Waals surface area contributed by atoms with Gasteiger partial charge in [0.25, 0.3) is 0 Å². The summed E-state index contributed by atoms with van der Waals surface area (Å²) in [6, 6.07) is 11.2. The van der Waals surface area contributed by atoms with Gasteiger partial charge in [-0.3, -0.25) is 4.79 Å². The van der Waals surface area contributed by atoms with Crippen molar-refractivity contribution in [2.75, 3.05) is 19.5 Å². The molecule has 0 unspecified atom stereocenters. The van der Waals surface area contributed by atoms with Gasteiger partial charge in [-0.15, -0.1) is 5.10 Å². The van der Waals surface area contributed by atoms with Crippen LogP contribution in [0.3, 0.4) is 0 Å². The second-order valence-electron chi connectivity index (χ2n) is 6.07. The number of nitrogens with zero attached hydrogens (tertiary/aromatic N) is 4. The van der Waals surface area contributed by atoms with Crippen LogP contribution < -0.4 is 14.8 Å². The highest BCUT2D eigenvalue weighted by atomic mass is 16.5. The minimum atomic E-state index is -0.0960. The topological polar surface area (TPSA) is 91.2 Å². The number of aromatic nitrogens is 4. The molecule has 3 rings (SSSR count). The van der Waals surface area contributed by atoms with Gasteiger partial charge in [0.15, 0.2) is 23.1 Å². The first-order valence-corrected chi connectivity index (χ1v) is 8.59. The molecule has 0 fully saturated rings. The van der Waals surface area contributed by atoms with E-state index in [2.05, 4.69) is 20.8 Å². The van der Waals surface area contributed by atoms with Crippen molar-refractivity contribution >= 4 is 17.5 Å². The van der Waals surface area contributed by atoms with Crippen molar-refractivity contribution in [3.05, 3.63) is 59.5 Å². The van der Waals surface area contributed by atoms with E-state index in [0.717, 1.165) is 11.3 Å². The van der Waals surface area contributed by atoms with Gasteiger partial charge in [0, 0.05) is 23.9 Å². The highest BCUT2D eigenvalue weighted by Gasteiger charge is 2.13. The van der Waals surface area contributed by atoms with E-state index in [1.54, 1.807) is 36.2 Å². The maximum absolute atomic E-state index is 12.0. The number of hydrogen-bond donors (Lipinski definition) is 1. The lowest BCUT2D eigenvalue weighted by molar-refractivity contribution is 0.101. The molecule has 8 heteroatoms. The van der Waals surface area contributed by atoms with Gasteiger partial charge in [-0.1, -0.05) is 17.7 Å². The zero-order valence-corrected chi connectivity index (χ0v) is 16.1. The quantitative estimate of drug-likeness (QED) is 0.630. The fourth-order valence-electron chi connectivity index (χ4n) is 2.66. The van der Waals surface area contributed by atoms with E-state index in [0.29, 0.717) is 28.6 Å². The number of aryl methyl sites for hydroxylation is 1. The maximum Gasteiger partial charge on any atom is 0.181 e. The third-order valence-electron chi connectivity index (χ3n) is 4.15.